The Morgan fingerprint density at radius 3 is 2.61 bits per heavy atom. The highest BCUT2D eigenvalue weighted by Crippen LogP contribution is 2.55. The quantitative estimate of drug-likeness (QED) is 0.101. The van der Waals surface area contributed by atoms with Crippen LogP contribution in [0.15, 0.2) is 20.9 Å². The summed E-state index contributed by atoms with van der Waals surface area (Å²) in [6.45, 7) is 1.62. The molecule has 186 valence electrons. The van der Waals surface area contributed by atoms with Crippen LogP contribution in [0, 0.1) is 6.92 Å². The fourth-order valence-corrected chi connectivity index (χ4v) is 6.01. The standard InChI is InChI=1S/C16H28N6O9P2/c1-11-8-22(16(24)21(15(11)23)6-4-2-3-5-17)14-7-12(19-20-18)13(31-14)9-30-33(28,29)10-32(25,26)27/h8,12-14H,2-7,9-10,17H2,1H3,(H,28,29)(H2,25,26,27)/t12-,13+,14+/m0/s1. The monoisotopic (exact) mass is 510 g/mol. The van der Waals surface area contributed by atoms with Gasteiger partial charge in [0.25, 0.3) is 5.56 Å². The molecule has 15 nitrogen and oxygen atoms in total. The Morgan fingerprint density at radius 2 is 2.00 bits per heavy atom. The first-order chi connectivity index (χ1) is 15.4. The number of unbranched alkanes of at least 4 members (excludes halogenated alkanes) is 2. The van der Waals surface area contributed by atoms with E-state index in [2.05, 4.69) is 10.0 Å². The molecule has 17 heteroatoms. The number of ether oxygens (including phenoxy) is 1. The highest BCUT2D eigenvalue weighted by atomic mass is 31.2. The predicted molar refractivity (Wildman–Crippen MR) is 117 cm³/mol. The lowest BCUT2D eigenvalue weighted by Gasteiger charge is -2.20. The molecule has 1 aromatic rings. The van der Waals surface area contributed by atoms with E-state index in [9.17, 15) is 23.6 Å². The second kappa shape index (κ2) is 11.6. The van der Waals surface area contributed by atoms with Gasteiger partial charge in [-0.3, -0.25) is 23.1 Å². The molecule has 2 rings (SSSR count). The van der Waals surface area contributed by atoms with Crippen LogP contribution in [-0.4, -0.2) is 55.0 Å². The van der Waals surface area contributed by atoms with Gasteiger partial charge in [0.05, 0.1) is 18.8 Å². The van der Waals surface area contributed by atoms with Crippen molar-refractivity contribution in [3.8, 4) is 0 Å². The summed E-state index contributed by atoms with van der Waals surface area (Å²) in [4.78, 5) is 55.6. The van der Waals surface area contributed by atoms with Crippen molar-refractivity contribution >= 4 is 15.2 Å². The van der Waals surface area contributed by atoms with Crippen LogP contribution in [0.1, 0.15) is 37.5 Å². The van der Waals surface area contributed by atoms with Crippen molar-refractivity contribution in [2.45, 2.75) is 57.5 Å². The summed E-state index contributed by atoms with van der Waals surface area (Å²) < 4.78 is 35.7. The van der Waals surface area contributed by atoms with E-state index >= 15 is 0 Å². The minimum Gasteiger partial charge on any atom is -0.352 e. The number of nitrogens with two attached hydrogens (primary N) is 1. The first kappa shape index (κ1) is 27.5. The largest absolute Gasteiger partial charge is 0.352 e. The Morgan fingerprint density at radius 1 is 1.30 bits per heavy atom. The van der Waals surface area contributed by atoms with Crippen LogP contribution in [0.2, 0.25) is 0 Å². The van der Waals surface area contributed by atoms with Gasteiger partial charge in [0.1, 0.15) is 6.23 Å². The third kappa shape index (κ3) is 7.89. The molecule has 1 saturated heterocycles. The molecular weight excluding hydrogens is 482 g/mol. The van der Waals surface area contributed by atoms with Crippen molar-refractivity contribution in [1.82, 2.24) is 9.13 Å². The summed E-state index contributed by atoms with van der Waals surface area (Å²) in [6.07, 6.45) is 1.38. The average molecular weight is 510 g/mol. The Bertz CT molecular complexity index is 1090. The van der Waals surface area contributed by atoms with E-state index in [1.54, 1.807) is 6.92 Å². The Balaban J connectivity index is 2.24. The number of rotatable bonds is 12. The van der Waals surface area contributed by atoms with Gasteiger partial charge in [-0.2, -0.15) is 0 Å². The second-order valence-corrected chi connectivity index (χ2v) is 11.7. The predicted octanol–water partition coefficient (Wildman–Crippen LogP) is 0.751. The number of azide groups is 1. The van der Waals surface area contributed by atoms with Gasteiger partial charge in [-0.1, -0.05) is 11.5 Å². The van der Waals surface area contributed by atoms with Crippen molar-refractivity contribution in [3.05, 3.63) is 43.0 Å². The molecule has 0 amide bonds. The van der Waals surface area contributed by atoms with Crippen LogP contribution in [0.5, 0.6) is 0 Å². The summed E-state index contributed by atoms with van der Waals surface area (Å²) in [5.74, 6) is -1.38. The lowest BCUT2D eigenvalue weighted by molar-refractivity contribution is -0.0244. The van der Waals surface area contributed by atoms with Gasteiger partial charge < -0.3 is 29.7 Å². The average Bonchev–Trinajstić information content (AvgIpc) is 3.10. The molecule has 1 aromatic heterocycles. The van der Waals surface area contributed by atoms with Crippen LogP contribution in [0.3, 0.4) is 0 Å². The summed E-state index contributed by atoms with van der Waals surface area (Å²) in [5, 5.41) is 3.57. The number of aromatic nitrogens is 2. The molecule has 1 aliphatic rings. The van der Waals surface area contributed by atoms with E-state index in [-0.39, 0.29) is 13.0 Å². The molecule has 0 bridgehead atoms. The van der Waals surface area contributed by atoms with Crippen LogP contribution in [0.25, 0.3) is 10.4 Å². The summed E-state index contributed by atoms with van der Waals surface area (Å²) in [5.41, 5.74) is 13.5. The molecule has 0 spiro atoms. The lowest BCUT2D eigenvalue weighted by Crippen LogP contribution is -2.42. The molecule has 0 radical (unpaired) electrons. The zero-order chi connectivity index (χ0) is 24.8. The van der Waals surface area contributed by atoms with E-state index < -0.39 is 57.3 Å². The van der Waals surface area contributed by atoms with E-state index in [4.69, 9.17) is 30.3 Å². The zero-order valence-electron chi connectivity index (χ0n) is 18.0. The van der Waals surface area contributed by atoms with E-state index in [1.807, 2.05) is 0 Å². The van der Waals surface area contributed by atoms with E-state index in [0.29, 0.717) is 18.5 Å². The SMILES string of the molecule is Cc1cn([C@H]2C[C@H](N=[N+]=[N-])[C@@H](COP(=O)(O)CP(=O)(O)O)O2)c(=O)n(CCCCCN)c1=O. The fraction of sp³-hybridized carbons (Fsp3) is 0.750. The normalized spacial score (nSPS) is 22.6. The van der Waals surface area contributed by atoms with Gasteiger partial charge >= 0.3 is 20.9 Å². The third-order valence-corrected chi connectivity index (χ3v) is 8.43. The third-order valence-electron chi connectivity index (χ3n) is 4.97. The topological polar surface area (TPSA) is 232 Å². The first-order valence-corrected chi connectivity index (χ1v) is 13.7. The molecule has 5 N–H and O–H groups in total. The van der Waals surface area contributed by atoms with Gasteiger partial charge in [0.15, 0.2) is 5.90 Å². The van der Waals surface area contributed by atoms with Gasteiger partial charge in [0.2, 0.25) is 0 Å². The van der Waals surface area contributed by atoms with E-state index in [0.717, 1.165) is 17.4 Å². The number of hydrogen-bond donors (Lipinski definition) is 4. The maximum atomic E-state index is 13.0. The fourth-order valence-electron chi connectivity index (χ4n) is 3.44. The molecule has 1 fully saturated rings. The highest BCUT2D eigenvalue weighted by Gasteiger charge is 2.39. The summed E-state index contributed by atoms with van der Waals surface area (Å²) in [7, 11) is -9.47. The summed E-state index contributed by atoms with van der Waals surface area (Å²) in [6, 6.07) is -0.896. The van der Waals surface area contributed by atoms with Crippen LogP contribution < -0.4 is 17.0 Å². The van der Waals surface area contributed by atoms with Crippen LogP contribution in [-0.2, 0) is 24.9 Å². The summed E-state index contributed by atoms with van der Waals surface area (Å²) >= 11 is 0. The molecule has 1 unspecified atom stereocenters. The zero-order valence-corrected chi connectivity index (χ0v) is 19.8. The number of aryl methyl sites for hydroxylation is 1. The minimum atomic E-state index is -4.82. The highest BCUT2D eigenvalue weighted by molar-refractivity contribution is 7.70. The van der Waals surface area contributed by atoms with Crippen molar-refractivity contribution in [3.63, 3.8) is 0 Å². The van der Waals surface area contributed by atoms with Gasteiger partial charge in [0, 0.05) is 29.6 Å². The molecule has 0 saturated carbocycles. The maximum Gasteiger partial charge on any atom is 0.340 e. The molecule has 4 atom stereocenters. The van der Waals surface area contributed by atoms with Gasteiger partial charge in [-0.15, -0.1) is 0 Å². The Hall–Kier alpha value is -1.79. The molecule has 0 aliphatic carbocycles. The smallest absolute Gasteiger partial charge is 0.340 e. The first-order valence-electron chi connectivity index (χ1n) is 10.1. The van der Waals surface area contributed by atoms with Crippen molar-refractivity contribution in [2.24, 2.45) is 10.8 Å². The van der Waals surface area contributed by atoms with Crippen molar-refractivity contribution in [1.29, 1.82) is 0 Å². The number of nitrogens with zero attached hydrogens (tertiary/aromatic N) is 5. The van der Waals surface area contributed by atoms with Gasteiger partial charge in [-0.05, 0) is 31.8 Å². The van der Waals surface area contributed by atoms with Crippen LogP contribution >= 0.6 is 15.2 Å². The Kier molecular flexibility index (Phi) is 9.62. The second-order valence-electron chi connectivity index (χ2n) is 7.68. The molecule has 0 aromatic carbocycles. The molecule has 33 heavy (non-hydrogen) atoms. The molecule has 1 aliphatic heterocycles. The van der Waals surface area contributed by atoms with Crippen molar-refractivity contribution in [2.75, 3.05) is 19.1 Å². The van der Waals surface area contributed by atoms with E-state index in [1.165, 1.54) is 10.8 Å². The van der Waals surface area contributed by atoms with Gasteiger partial charge in [-0.25, -0.2) is 4.79 Å². The number of hydrogen-bond acceptors (Lipinski definition) is 8. The maximum absolute atomic E-state index is 13.0. The minimum absolute atomic E-state index is 0.0109. The molecular formula is C16H28N6O9P2. The Labute approximate surface area is 188 Å². The van der Waals surface area contributed by atoms with Crippen molar-refractivity contribution < 1.29 is 33.1 Å². The van der Waals surface area contributed by atoms with Crippen LogP contribution in [0.4, 0.5) is 0 Å². The molecule has 2 heterocycles. The lowest BCUT2D eigenvalue weighted by atomic mass is 10.1.